The Morgan fingerprint density at radius 1 is 1.00 bits per heavy atom. The third-order valence-electron chi connectivity index (χ3n) is 6.34. The molecule has 0 spiro atoms. The summed E-state index contributed by atoms with van der Waals surface area (Å²) in [5.74, 6) is -0.355. The summed E-state index contributed by atoms with van der Waals surface area (Å²) >= 11 is 0. The summed E-state index contributed by atoms with van der Waals surface area (Å²) in [4.78, 5) is 0. The third kappa shape index (κ3) is 4.88. The second-order valence-corrected chi connectivity index (χ2v) is 9.42. The molecule has 0 aliphatic carbocycles. The van der Waals surface area contributed by atoms with E-state index < -0.39 is 36.0 Å². The van der Waals surface area contributed by atoms with Gasteiger partial charge in [-0.25, -0.2) is 9.07 Å². The quantitative estimate of drug-likeness (QED) is 0.281. The zero-order valence-electron chi connectivity index (χ0n) is 20.1. The number of hydrogen-bond acceptors (Lipinski definition) is 4. The Bertz CT molecular complexity index is 1350. The van der Waals surface area contributed by atoms with E-state index in [1.54, 1.807) is 23.0 Å². The number of aliphatic hydroxyl groups is 1. The molecule has 0 fully saturated rings. The van der Waals surface area contributed by atoms with Gasteiger partial charge in [0.15, 0.2) is 5.60 Å². The molecular weight excluding hydrogens is 474 g/mol. The van der Waals surface area contributed by atoms with Crippen molar-refractivity contribution >= 4 is 16.6 Å². The summed E-state index contributed by atoms with van der Waals surface area (Å²) in [6, 6.07) is 18.2. The lowest BCUT2D eigenvalue weighted by Gasteiger charge is -2.38. The molecule has 5 nitrogen and oxygen atoms in total. The van der Waals surface area contributed by atoms with Crippen LogP contribution < -0.4 is 10.1 Å². The number of nitrogens with one attached hydrogen (secondary N) is 1. The predicted octanol–water partition coefficient (Wildman–Crippen LogP) is 6.25. The van der Waals surface area contributed by atoms with E-state index in [1.165, 1.54) is 33.1 Å². The Labute approximate surface area is 206 Å². The van der Waals surface area contributed by atoms with Crippen molar-refractivity contribution in [3.05, 3.63) is 84.3 Å². The molecule has 1 heterocycles. The highest BCUT2D eigenvalue weighted by Crippen LogP contribution is 2.44. The first-order valence-corrected chi connectivity index (χ1v) is 11.3. The van der Waals surface area contributed by atoms with Gasteiger partial charge in [0, 0.05) is 16.6 Å². The van der Waals surface area contributed by atoms with E-state index in [-0.39, 0.29) is 11.3 Å². The molecule has 190 valence electrons. The Balaban J connectivity index is 1.65. The number of rotatable bonds is 8. The molecule has 3 aromatic carbocycles. The van der Waals surface area contributed by atoms with Crippen LogP contribution in [0.15, 0.2) is 72.9 Å². The number of hydrogen-bond donors (Lipinski definition) is 2. The van der Waals surface area contributed by atoms with Crippen LogP contribution in [0.5, 0.6) is 5.75 Å². The molecule has 0 saturated heterocycles. The first-order valence-electron chi connectivity index (χ1n) is 11.3. The molecule has 1 unspecified atom stereocenters. The average molecular weight is 502 g/mol. The summed E-state index contributed by atoms with van der Waals surface area (Å²) < 4.78 is 63.6. The van der Waals surface area contributed by atoms with Gasteiger partial charge < -0.3 is 15.2 Å². The van der Waals surface area contributed by atoms with Crippen molar-refractivity contribution in [1.29, 1.82) is 0 Å². The summed E-state index contributed by atoms with van der Waals surface area (Å²) in [6.45, 7) is 2.23. The van der Waals surface area contributed by atoms with Crippen LogP contribution in [0.4, 0.5) is 23.2 Å². The van der Waals surface area contributed by atoms with Crippen molar-refractivity contribution < 1.29 is 27.4 Å². The number of methoxy groups -OCH3 is 1. The third-order valence-corrected chi connectivity index (χ3v) is 6.34. The van der Waals surface area contributed by atoms with Gasteiger partial charge in [-0.1, -0.05) is 38.1 Å². The smallest absolute Gasteiger partial charge is 0.418 e. The topological polar surface area (TPSA) is 59.3 Å². The van der Waals surface area contributed by atoms with Crippen LogP contribution in [0.1, 0.15) is 25.8 Å². The minimum Gasteiger partial charge on any atom is -0.496 e. The zero-order valence-corrected chi connectivity index (χ0v) is 20.1. The summed E-state index contributed by atoms with van der Waals surface area (Å²) in [7, 11) is 1.36. The highest BCUT2D eigenvalue weighted by Gasteiger charge is 2.56. The Hall–Kier alpha value is -3.59. The van der Waals surface area contributed by atoms with Gasteiger partial charge in [0.1, 0.15) is 11.6 Å². The molecule has 9 heteroatoms. The molecule has 4 aromatic rings. The molecule has 1 atom stereocenters. The van der Waals surface area contributed by atoms with E-state index in [1.807, 2.05) is 36.4 Å². The van der Waals surface area contributed by atoms with Gasteiger partial charge in [0.05, 0.1) is 31.1 Å². The molecule has 1 aromatic heterocycles. The molecule has 2 N–H and O–H groups in total. The minimum atomic E-state index is -4.96. The molecule has 36 heavy (non-hydrogen) atoms. The fourth-order valence-corrected chi connectivity index (χ4v) is 4.52. The number of alkyl halides is 3. The lowest BCUT2D eigenvalue weighted by molar-refractivity contribution is -0.260. The van der Waals surface area contributed by atoms with Crippen molar-refractivity contribution in [2.24, 2.45) is 0 Å². The van der Waals surface area contributed by atoms with E-state index in [4.69, 9.17) is 4.74 Å². The Morgan fingerprint density at radius 3 is 2.39 bits per heavy atom. The molecular formula is C27H27F4N3O2. The van der Waals surface area contributed by atoms with Gasteiger partial charge in [-0.05, 0) is 54.3 Å². The van der Waals surface area contributed by atoms with Gasteiger partial charge in [-0.2, -0.15) is 18.3 Å². The summed E-state index contributed by atoms with van der Waals surface area (Å²) in [5.41, 5.74) is -2.25. The molecule has 0 bridgehead atoms. The van der Waals surface area contributed by atoms with Crippen LogP contribution >= 0.6 is 0 Å². The predicted molar refractivity (Wildman–Crippen MR) is 131 cm³/mol. The number of benzene rings is 3. The van der Waals surface area contributed by atoms with Crippen molar-refractivity contribution in [3.63, 3.8) is 0 Å². The highest BCUT2D eigenvalue weighted by molar-refractivity contribution is 5.92. The van der Waals surface area contributed by atoms with Gasteiger partial charge >= 0.3 is 6.18 Å². The van der Waals surface area contributed by atoms with Crippen LogP contribution in [0.2, 0.25) is 0 Å². The first kappa shape index (κ1) is 25.5. The van der Waals surface area contributed by atoms with Gasteiger partial charge in [-0.15, -0.1) is 0 Å². The van der Waals surface area contributed by atoms with E-state index >= 15 is 0 Å². The van der Waals surface area contributed by atoms with E-state index in [9.17, 15) is 22.7 Å². The largest absolute Gasteiger partial charge is 0.496 e. The number of halogens is 4. The second-order valence-electron chi connectivity index (χ2n) is 9.42. The molecule has 4 rings (SSSR count). The number of ether oxygens (including phenoxy) is 1. The van der Waals surface area contributed by atoms with Crippen LogP contribution in [-0.4, -0.2) is 40.3 Å². The minimum absolute atomic E-state index is 0.235. The fraction of sp³-hybridized carbons (Fsp3) is 0.296. The monoisotopic (exact) mass is 501 g/mol. The van der Waals surface area contributed by atoms with Crippen LogP contribution in [0, 0.1) is 5.82 Å². The van der Waals surface area contributed by atoms with Crippen molar-refractivity contribution in [2.75, 3.05) is 19.0 Å². The lowest BCUT2D eigenvalue weighted by atomic mass is 9.74. The van der Waals surface area contributed by atoms with E-state index in [2.05, 4.69) is 10.4 Å². The second kappa shape index (κ2) is 9.46. The molecule has 0 saturated carbocycles. The van der Waals surface area contributed by atoms with Crippen molar-refractivity contribution in [1.82, 2.24) is 9.78 Å². The van der Waals surface area contributed by atoms with Crippen LogP contribution in [0.25, 0.3) is 16.6 Å². The van der Waals surface area contributed by atoms with Crippen LogP contribution in [-0.2, 0) is 5.41 Å². The van der Waals surface area contributed by atoms with Crippen molar-refractivity contribution in [3.8, 4) is 11.4 Å². The average Bonchev–Trinajstić information content (AvgIpc) is 3.27. The maximum absolute atomic E-state index is 14.2. The maximum atomic E-state index is 14.2. The van der Waals surface area contributed by atoms with Gasteiger partial charge in [0.25, 0.3) is 0 Å². The zero-order chi connectivity index (χ0) is 26.1. The molecule has 0 amide bonds. The number of para-hydroxylation sites is 1. The molecule has 0 aliphatic heterocycles. The van der Waals surface area contributed by atoms with Gasteiger partial charge in [-0.3, -0.25) is 0 Å². The van der Waals surface area contributed by atoms with E-state index in [0.29, 0.717) is 16.6 Å². The number of nitrogens with zero attached hydrogens (tertiary/aromatic N) is 2. The van der Waals surface area contributed by atoms with Crippen molar-refractivity contribution in [2.45, 2.75) is 37.5 Å². The first-order chi connectivity index (χ1) is 16.9. The molecule has 0 radical (unpaired) electrons. The number of aromatic nitrogens is 2. The standard InChI is InChI=1S/C27H27F4N3O2/c1-25(2,21-14-18(28)12-13-24(21)36-3)16-26(35,27(29,30)31)17-32-22-10-7-11-23-20(22)15-33-34(23)19-8-5-4-6-9-19/h4-15,32,35H,16-17H2,1-3H3. The molecule has 0 aliphatic rings. The normalized spacial score (nSPS) is 14.0. The SMILES string of the molecule is COc1ccc(F)cc1C(C)(C)CC(O)(CNc1cccc2c1cnn2-c1ccccc1)C(F)(F)F. The maximum Gasteiger partial charge on any atom is 0.418 e. The number of fused-ring (bicyclic) bond motifs is 1. The Morgan fingerprint density at radius 2 is 1.72 bits per heavy atom. The fourth-order valence-electron chi connectivity index (χ4n) is 4.52. The van der Waals surface area contributed by atoms with E-state index in [0.717, 1.165) is 11.8 Å². The van der Waals surface area contributed by atoms with Gasteiger partial charge in [0.2, 0.25) is 0 Å². The van der Waals surface area contributed by atoms with Crippen LogP contribution in [0.3, 0.4) is 0 Å². The number of anilines is 1. The highest BCUT2D eigenvalue weighted by atomic mass is 19.4. The summed E-state index contributed by atoms with van der Waals surface area (Å²) in [5, 5.41) is 18.7. The lowest BCUT2D eigenvalue weighted by Crippen LogP contribution is -2.53. The Kier molecular flexibility index (Phi) is 6.70. The summed E-state index contributed by atoms with van der Waals surface area (Å²) in [6.07, 6.45) is -4.12.